The summed E-state index contributed by atoms with van der Waals surface area (Å²) in [6.07, 6.45) is 0.834. The van der Waals surface area contributed by atoms with E-state index < -0.39 is 17.5 Å². The smallest absolute Gasteiger partial charge is 0.273 e. The highest BCUT2D eigenvalue weighted by molar-refractivity contribution is 5.81. The minimum absolute atomic E-state index is 0.0669. The molecule has 1 fully saturated rings. The molecule has 0 aliphatic carbocycles. The Morgan fingerprint density at radius 3 is 2.06 bits per heavy atom. The van der Waals surface area contributed by atoms with Crippen molar-refractivity contribution in [3.8, 4) is 0 Å². The summed E-state index contributed by atoms with van der Waals surface area (Å²) in [5.41, 5.74) is 0. The normalized spacial score (nSPS) is 23.1. The molecule has 0 aromatic carbocycles. The van der Waals surface area contributed by atoms with E-state index in [-0.39, 0.29) is 5.96 Å². The van der Waals surface area contributed by atoms with Crippen LogP contribution in [0.25, 0.3) is 0 Å². The number of hydrazone groups is 1. The highest BCUT2D eigenvalue weighted by Gasteiger charge is 2.33. The van der Waals surface area contributed by atoms with Gasteiger partial charge in [-0.1, -0.05) is 13.8 Å². The fourth-order valence-electron chi connectivity index (χ4n) is 1.35. The zero-order valence-corrected chi connectivity index (χ0v) is 10.0. The summed E-state index contributed by atoms with van der Waals surface area (Å²) in [4.78, 5) is 10.3. The first-order valence-corrected chi connectivity index (χ1v) is 5.66. The van der Waals surface area contributed by atoms with E-state index in [4.69, 9.17) is 9.47 Å². The molecule has 0 unspecified atom stereocenters. The standard InChI is InChI=1S/C9H18N4O4/c1-3-5-16-7-8(17-6-4-2)11-9(10-7)12-13(14)15/h7-8H,3-6H2,1-2H3,(H2,10,11,12)/t7-,8-/m1/s1. The first-order chi connectivity index (χ1) is 8.17. The van der Waals surface area contributed by atoms with Crippen LogP contribution in [0.15, 0.2) is 5.10 Å². The van der Waals surface area contributed by atoms with Crippen LogP contribution in [0.2, 0.25) is 0 Å². The summed E-state index contributed by atoms with van der Waals surface area (Å²) in [5, 5.41) is 18.2. The van der Waals surface area contributed by atoms with Crippen molar-refractivity contribution in [3.05, 3.63) is 10.1 Å². The molecule has 1 aliphatic heterocycles. The van der Waals surface area contributed by atoms with Crippen molar-refractivity contribution < 1.29 is 14.5 Å². The minimum Gasteiger partial charge on any atom is -0.354 e. The third kappa shape index (κ3) is 4.53. The molecule has 98 valence electrons. The van der Waals surface area contributed by atoms with E-state index in [1.807, 2.05) is 13.8 Å². The molecule has 1 aliphatic rings. The van der Waals surface area contributed by atoms with Crippen molar-refractivity contribution in [1.82, 2.24) is 10.6 Å². The van der Waals surface area contributed by atoms with Crippen LogP contribution in [0.5, 0.6) is 0 Å². The molecule has 8 heteroatoms. The number of ether oxygens (including phenoxy) is 2. The molecule has 0 spiro atoms. The third-order valence-electron chi connectivity index (χ3n) is 2.02. The number of rotatable bonds is 7. The first-order valence-electron chi connectivity index (χ1n) is 5.66. The second-order valence-corrected chi connectivity index (χ2v) is 3.56. The van der Waals surface area contributed by atoms with E-state index in [1.54, 1.807) is 0 Å². The van der Waals surface area contributed by atoms with Gasteiger partial charge in [0.25, 0.3) is 5.96 Å². The van der Waals surface area contributed by atoms with E-state index in [1.165, 1.54) is 0 Å². The van der Waals surface area contributed by atoms with Gasteiger partial charge >= 0.3 is 0 Å². The number of hydrogen-bond donors (Lipinski definition) is 2. The van der Waals surface area contributed by atoms with E-state index in [2.05, 4.69) is 15.7 Å². The van der Waals surface area contributed by atoms with Gasteiger partial charge in [0.1, 0.15) is 5.10 Å². The molecule has 0 bridgehead atoms. The van der Waals surface area contributed by atoms with Gasteiger partial charge in [-0.3, -0.25) is 0 Å². The van der Waals surface area contributed by atoms with Crippen LogP contribution in [0.3, 0.4) is 0 Å². The van der Waals surface area contributed by atoms with E-state index >= 15 is 0 Å². The van der Waals surface area contributed by atoms with E-state index in [0.717, 1.165) is 12.8 Å². The van der Waals surface area contributed by atoms with Crippen LogP contribution in [0, 0.1) is 10.1 Å². The zero-order chi connectivity index (χ0) is 12.7. The van der Waals surface area contributed by atoms with Gasteiger partial charge in [-0.25, -0.2) is 10.1 Å². The van der Waals surface area contributed by atoms with Gasteiger partial charge in [-0.05, 0) is 12.8 Å². The Labute approximate surface area is 99.5 Å². The Kier molecular flexibility index (Phi) is 5.64. The number of nitrogens with zero attached hydrogens (tertiary/aromatic N) is 2. The van der Waals surface area contributed by atoms with Crippen molar-refractivity contribution in [1.29, 1.82) is 0 Å². The monoisotopic (exact) mass is 246 g/mol. The molecular weight excluding hydrogens is 228 g/mol. The molecule has 2 N–H and O–H groups in total. The van der Waals surface area contributed by atoms with Crippen molar-refractivity contribution in [3.63, 3.8) is 0 Å². The quantitative estimate of drug-likeness (QED) is 0.493. The predicted octanol–water partition coefficient (Wildman–Crippen LogP) is 0.232. The molecule has 8 nitrogen and oxygen atoms in total. The van der Waals surface area contributed by atoms with Gasteiger partial charge in [-0.2, -0.15) is 0 Å². The molecule has 0 aromatic rings. The summed E-state index contributed by atoms with van der Waals surface area (Å²) in [7, 11) is 0. The van der Waals surface area contributed by atoms with E-state index in [9.17, 15) is 10.1 Å². The average molecular weight is 246 g/mol. The van der Waals surface area contributed by atoms with Gasteiger partial charge in [0.15, 0.2) is 17.5 Å². The van der Waals surface area contributed by atoms with Gasteiger partial charge in [-0.15, -0.1) is 0 Å². The van der Waals surface area contributed by atoms with Gasteiger partial charge in [0.2, 0.25) is 0 Å². The van der Waals surface area contributed by atoms with E-state index in [0.29, 0.717) is 13.2 Å². The molecule has 1 heterocycles. The number of nitro groups is 1. The number of nitrogens with one attached hydrogen (secondary N) is 2. The van der Waals surface area contributed by atoms with Crippen LogP contribution < -0.4 is 10.6 Å². The summed E-state index contributed by atoms with van der Waals surface area (Å²) in [6.45, 7) is 5.07. The predicted molar refractivity (Wildman–Crippen MR) is 60.8 cm³/mol. The summed E-state index contributed by atoms with van der Waals surface area (Å²) < 4.78 is 10.9. The van der Waals surface area contributed by atoms with Crippen LogP contribution in [0.1, 0.15) is 26.7 Å². The van der Waals surface area contributed by atoms with Gasteiger partial charge in [0, 0.05) is 13.2 Å². The topological polar surface area (TPSA) is 98.0 Å². The first kappa shape index (κ1) is 13.7. The molecule has 0 aromatic heterocycles. The molecular formula is C9H18N4O4. The van der Waals surface area contributed by atoms with Crippen LogP contribution in [-0.2, 0) is 9.47 Å². The lowest BCUT2D eigenvalue weighted by molar-refractivity contribution is -0.485. The number of guanidine groups is 1. The highest BCUT2D eigenvalue weighted by Crippen LogP contribution is 2.06. The van der Waals surface area contributed by atoms with Crippen molar-refractivity contribution in [2.24, 2.45) is 5.10 Å². The van der Waals surface area contributed by atoms with Crippen molar-refractivity contribution >= 4 is 5.96 Å². The summed E-state index contributed by atoms with van der Waals surface area (Å²) in [6, 6.07) is 0. The second-order valence-electron chi connectivity index (χ2n) is 3.56. The van der Waals surface area contributed by atoms with Crippen molar-refractivity contribution in [2.75, 3.05) is 13.2 Å². The maximum Gasteiger partial charge on any atom is 0.273 e. The second kappa shape index (κ2) is 7.02. The molecule has 17 heavy (non-hydrogen) atoms. The fraction of sp³-hybridized carbons (Fsp3) is 0.889. The van der Waals surface area contributed by atoms with Crippen LogP contribution in [0.4, 0.5) is 0 Å². The van der Waals surface area contributed by atoms with Crippen molar-refractivity contribution in [2.45, 2.75) is 39.1 Å². The SMILES string of the molecule is CCCO[C@H]1NC(=N[N+](=O)[O-])N[C@@H]1OCCC. The lowest BCUT2D eigenvalue weighted by atomic mass is 10.4. The van der Waals surface area contributed by atoms with Crippen LogP contribution in [-0.4, -0.2) is 36.7 Å². The highest BCUT2D eigenvalue weighted by atomic mass is 16.7. The minimum atomic E-state index is -0.769. The number of hydrogen-bond acceptors (Lipinski definition) is 4. The lowest BCUT2D eigenvalue weighted by Crippen LogP contribution is -2.38. The molecule has 0 saturated carbocycles. The zero-order valence-electron chi connectivity index (χ0n) is 10.0. The largest absolute Gasteiger partial charge is 0.354 e. The lowest BCUT2D eigenvalue weighted by Gasteiger charge is -2.18. The Morgan fingerprint density at radius 2 is 1.71 bits per heavy atom. The van der Waals surface area contributed by atoms with Crippen LogP contribution >= 0.6 is 0 Å². The Bertz CT molecular complexity index is 266. The molecule has 0 amide bonds. The van der Waals surface area contributed by atoms with Gasteiger partial charge in [0.05, 0.1) is 0 Å². The molecule has 2 atom stereocenters. The fourth-order valence-corrected chi connectivity index (χ4v) is 1.35. The Morgan fingerprint density at radius 1 is 1.24 bits per heavy atom. The third-order valence-corrected chi connectivity index (χ3v) is 2.02. The molecule has 1 saturated heterocycles. The maximum atomic E-state index is 10.3. The Hall–Kier alpha value is -1.41. The average Bonchev–Trinajstić information content (AvgIpc) is 2.64. The summed E-state index contributed by atoms with van der Waals surface area (Å²) >= 11 is 0. The maximum absolute atomic E-state index is 10.3. The summed E-state index contributed by atoms with van der Waals surface area (Å²) in [5.74, 6) is 0.0669. The van der Waals surface area contributed by atoms with Gasteiger partial charge < -0.3 is 20.1 Å². The Balaban J connectivity index is 2.55. The molecule has 1 rings (SSSR count). The molecule has 0 radical (unpaired) electrons.